The molecule has 14 aromatic carbocycles. The van der Waals surface area contributed by atoms with Gasteiger partial charge < -0.3 is 27.8 Å². The van der Waals surface area contributed by atoms with E-state index in [0.717, 1.165) is 144 Å². The molecule has 0 atom stereocenters. The van der Waals surface area contributed by atoms with Crippen molar-refractivity contribution in [1.82, 2.24) is 57.7 Å². The molecular formula is C130H113BrN12. The Balaban J connectivity index is 0.000000107. The molecule has 0 aliphatic heterocycles. The Morgan fingerprint density at radius 1 is 0.210 bits per heavy atom. The summed E-state index contributed by atoms with van der Waals surface area (Å²) < 4.78 is 13.7. The highest BCUT2D eigenvalue weighted by atomic mass is 79.9. The zero-order valence-electron chi connectivity index (χ0n) is 80.7. The molecule has 8 heterocycles. The number of rotatable bonds is 11. The minimum absolute atomic E-state index is 0.103. The molecule has 16 aliphatic carbocycles. The fourth-order valence-electron chi connectivity index (χ4n) is 34.7. The van der Waals surface area contributed by atoms with E-state index >= 15 is 0 Å². The van der Waals surface area contributed by atoms with Gasteiger partial charge in [0.2, 0.25) is 0 Å². The summed E-state index contributed by atoms with van der Waals surface area (Å²) in [5, 5.41) is 15.2. The summed E-state index contributed by atoms with van der Waals surface area (Å²) in [6, 6.07) is 115. The summed E-state index contributed by atoms with van der Waals surface area (Å²) in [5.74, 6) is 16.9. The number of hydrogen-bond donors (Lipinski definition) is 1. The van der Waals surface area contributed by atoms with Crippen LogP contribution in [0.2, 0.25) is 0 Å². The largest absolute Gasteiger partial charge is 0.354 e. The lowest BCUT2D eigenvalue weighted by Crippen LogP contribution is -2.51. The van der Waals surface area contributed by atoms with Crippen LogP contribution in [0.1, 0.15) is 177 Å². The summed E-state index contributed by atoms with van der Waals surface area (Å²) in [6.07, 6.45) is 32.8. The van der Waals surface area contributed by atoms with Crippen molar-refractivity contribution in [3.8, 4) is 51.2 Å². The molecule has 16 aliphatic rings. The van der Waals surface area contributed by atoms with Gasteiger partial charge in [-0.25, -0.2) is 29.9 Å². The summed E-state index contributed by atoms with van der Waals surface area (Å²) in [6.45, 7) is 0. The number of fused-ring (bicyclic) bond motifs is 24. The molecular weight excluding hydrogens is 1810 g/mol. The highest BCUT2D eigenvalue weighted by molar-refractivity contribution is 9.10. The normalized spacial score (nSPS) is 27.2. The highest BCUT2D eigenvalue weighted by Crippen LogP contribution is 2.67. The molecule has 0 spiro atoms. The van der Waals surface area contributed by atoms with Gasteiger partial charge in [-0.2, -0.15) is 0 Å². The van der Waals surface area contributed by atoms with Gasteiger partial charge in [-0.1, -0.05) is 210 Å². The van der Waals surface area contributed by atoms with Gasteiger partial charge in [0.05, 0.1) is 60.7 Å². The number of nitrogens with one attached hydrogen (secondary N) is 1. The zero-order chi connectivity index (χ0) is 93.4. The molecule has 16 bridgehead atoms. The maximum absolute atomic E-state index is 5.78. The standard InChI is InChI=1S/C65H56N6.C36H23N3.C29H34BrN3/c1-3-13-46(14-4-1)70-53-21-11-8-18-50(53)56-55-49-17-7-10-20-52(49)69(58(55)57-51-19-9-12-22-54(51)71(60(57)59(56)70)47-15-5-2-6-16-47)48-25-23-45(24-26-48)61-66-62(64-33-39-27-40(34-64)29-41(28-39)35-64)68-63(67-61)65-36-42-30-43(37-65)32-44(31-42)38-65;1-3-13-23(14-4-1)38-29-21-11-8-18-26(29)32-31-25-17-7-10-20-28(25)37-34(31)33-27-19-9-12-22-30(27)39(36(33)35(32)38)24-15-5-2-6-16-24;30-24-3-1-23(2-4-24)25-31-26(28-11-17-5-18(12-28)7-19(6-17)13-28)33-27(32-25)29-14-20-8-21(15-29)10-22(9-20)16-29/h1-26,39-44H,27-38H2;1-22,37H;1-4,17-22H,5-16H2. The smallest absolute Gasteiger partial charge is 0.163 e. The fraction of sp³-hybridized carbons (Fsp3) is 0.308. The van der Waals surface area contributed by atoms with Crippen molar-refractivity contribution in [3.05, 3.63) is 343 Å². The number of para-hydroxylation sites is 10. The first kappa shape index (κ1) is 82.9. The Kier molecular flexibility index (Phi) is 18.1. The summed E-state index contributed by atoms with van der Waals surface area (Å²) in [5.41, 5.74) is 23.1. The van der Waals surface area contributed by atoms with E-state index in [1.807, 2.05) is 0 Å². The van der Waals surface area contributed by atoms with Crippen molar-refractivity contribution in [2.45, 2.75) is 176 Å². The molecule has 0 unspecified atom stereocenters. The van der Waals surface area contributed by atoms with E-state index in [1.54, 1.807) is 0 Å². The van der Waals surface area contributed by atoms with Crippen molar-refractivity contribution >= 4 is 147 Å². The fourth-order valence-corrected chi connectivity index (χ4v) is 34.9. The topological polar surface area (TPSA) is 118 Å². The van der Waals surface area contributed by atoms with Gasteiger partial charge >= 0.3 is 0 Å². The summed E-state index contributed by atoms with van der Waals surface area (Å²) in [4.78, 5) is 37.1. The van der Waals surface area contributed by atoms with Crippen LogP contribution in [0.15, 0.2) is 320 Å². The number of benzene rings is 14. The number of nitrogens with zero attached hydrogens (tertiary/aromatic N) is 11. The molecule has 143 heavy (non-hydrogen) atoms. The summed E-state index contributed by atoms with van der Waals surface area (Å²) >= 11 is 3.61. The monoisotopic (exact) mass is 1920 g/mol. The molecule has 8 aromatic heterocycles. The maximum atomic E-state index is 5.78. The van der Waals surface area contributed by atoms with Gasteiger partial charge in [0, 0.05) is 136 Å². The van der Waals surface area contributed by atoms with E-state index in [9.17, 15) is 0 Å². The predicted molar refractivity (Wildman–Crippen MR) is 585 cm³/mol. The van der Waals surface area contributed by atoms with Crippen LogP contribution in [0.5, 0.6) is 0 Å². The number of halogens is 1. The van der Waals surface area contributed by atoms with E-state index < -0.39 is 0 Å². The van der Waals surface area contributed by atoms with Crippen molar-refractivity contribution < 1.29 is 0 Å². The molecule has 700 valence electrons. The van der Waals surface area contributed by atoms with Crippen LogP contribution in [-0.2, 0) is 21.7 Å². The van der Waals surface area contributed by atoms with E-state index in [-0.39, 0.29) is 21.7 Å². The zero-order valence-corrected chi connectivity index (χ0v) is 82.3. The Bertz CT molecular complexity index is 8740. The maximum Gasteiger partial charge on any atom is 0.163 e. The van der Waals surface area contributed by atoms with Crippen LogP contribution in [0.4, 0.5) is 0 Å². The van der Waals surface area contributed by atoms with E-state index in [4.69, 9.17) is 29.9 Å². The second-order valence-corrected chi connectivity index (χ2v) is 48.0. The van der Waals surface area contributed by atoms with Crippen molar-refractivity contribution in [2.24, 2.45) is 71.0 Å². The molecule has 22 aromatic rings. The van der Waals surface area contributed by atoms with Gasteiger partial charge in [-0.15, -0.1) is 0 Å². The second kappa shape index (κ2) is 31.2. The van der Waals surface area contributed by atoms with Gasteiger partial charge in [-0.3, -0.25) is 0 Å². The van der Waals surface area contributed by atoms with Crippen LogP contribution >= 0.6 is 15.9 Å². The van der Waals surface area contributed by atoms with E-state index in [0.29, 0.717) is 0 Å². The molecule has 0 saturated heterocycles. The molecule has 38 rings (SSSR count). The molecule has 0 amide bonds. The first-order chi connectivity index (χ1) is 70.5. The predicted octanol–water partition coefficient (Wildman–Crippen LogP) is 32.5. The van der Waals surface area contributed by atoms with Crippen LogP contribution < -0.4 is 0 Å². The molecule has 0 radical (unpaired) electrons. The van der Waals surface area contributed by atoms with Gasteiger partial charge in [0.1, 0.15) is 23.3 Å². The lowest BCUT2D eigenvalue weighted by atomic mass is 9.49. The minimum atomic E-state index is 0.103. The van der Waals surface area contributed by atoms with E-state index in [2.05, 4.69) is 359 Å². The lowest BCUT2D eigenvalue weighted by molar-refractivity contribution is -0.0157. The Morgan fingerprint density at radius 2 is 0.441 bits per heavy atom. The molecule has 12 nitrogen and oxygen atoms in total. The average molecular weight is 1920 g/mol. The van der Waals surface area contributed by atoms with Gasteiger partial charge in [-0.05, 0) is 346 Å². The van der Waals surface area contributed by atoms with E-state index in [1.165, 1.54) is 291 Å². The second-order valence-electron chi connectivity index (χ2n) is 47.1. The Labute approximate surface area is 839 Å². The highest BCUT2D eigenvalue weighted by Gasteiger charge is 2.59. The van der Waals surface area contributed by atoms with Crippen LogP contribution in [0.3, 0.4) is 0 Å². The van der Waals surface area contributed by atoms with Crippen molar-refractivity contribution in [2.75, 3.05) is 0 Å². The van der Waals surface area contributed by atoms with Crippen LogP contribution in [0, 0.1) is 71.0 Å². The summed E-state index contributed by atoms with van der Waals surface area (Å²) in [7, 11) is 0. The third kappa shape index (κ3) is 12.5. The lowest BCUT2D eigenvalue weighted by Gasteiger charge is -2.57. The molecule has 13 heteroatoms. The van der Waals surface area contributed by atoms with Gasteiger partial charge in [0.25, 0.3) is 0 Å². The molecule has 16 saturated carbocycles. The third-order valence-electron chi connectivity index (χ3n) is 38.4. The number of aromatic amines is 1. The molecule has 1 N–H and O–H groups in total. The first-order valence-corrected chi connectivity index (χ1v) is 54.7. The van der Waals surface area contributed by atoms with Gasteiger partial charge in [0.15, 0.2) is 11.6 Å². The first-order valence-electron chi connectivity index (χ1n) is 53.9. The number of aromatic nitrogens is 12. The van der Waals surface area contributed by atoms with Crippen LogP contribution in [-0.4, -0.2) is 57.7 Å². The minimum Gasteiger partial charge on any atom is -0.354 e. The number of hydrogen-bond acceptors (Lipinski definition) is 6. The Morgan fingerprint density at radius 3 is 0.762 bits per heavy atom. The quantitative estimate of drug-likeness (QED) is 0.138. The Hall–Kier alpha value is -13.6. The van der Waals surface area contributed by atoms with Crippen LogP contribution in [0.25, 0.3) is 182 Å². The van der Waals surface area contributed by atoms with Crippen molar-refractivity contribution in [3.63, 3.8) is 0 Å². The third-order valence-corrected chi connectivity index (χ3v) is 38.9. The molecule has 16 fully saturated rings. The SMILES string of the molecule is Brc1ccc(-c2nc(C34CC5CC(CC(C5)C3)C4)nc(C34CC5CC(CC(C5)C3)C4)n2)cc1.c1ccc(-n2c3ccccc3c3c4[nH]c5ccccc5c4c4c5ccccc5n(-c5ccccc5)c4c32)cc1.c1ccc(-n2c3ccccc3c3c4c5ccccc5n(-c5ccc(-c6nc(C78CC9CC(CC(C9)C7)C8)nc(C78CC9CC(CC(C9)C7)C8)n6)cc5)c4c4c5ccccc5n(-c5ccccc5)c4c32)cc1. The number of H-pyrrole nitrogens is 1. The van der Waals surface area contributed by atoms with Crippen molar-refractivity contribution in [1.29, 1.82) is 0 Å². The average Bonchev–Trinajstić information content (AvgIpc) is 1.54.